The van der Waals surface area contributed by atoms with Gasteiger partial charge in [-0.3, -0.25) is 4.90 Å². The zero-order valence-corrected chi connectivity index (χ0v) is 13.2. The van der Waals surface area contributed by atoms with Crippen molar-refractivity contribution in [1.29, 1.82) is 0 Å². The normalized spacial score (nSPS) is 18.0. The minimum atomic E-state index is 0.745. The average Bonchev–Trinajstić information content (AvgIpc) is 3.10. The van der Waals surface area contributed by atoms with Gasteiger partial charge in [-0.25, -0.2) is 0 Å². The van der Waals surface area contributed by atoms with Gasteiger partial charge in [0.05, 0.1) is 0 Å². The van der Waals surface area contributed by atoms with Crippen LogP contribution in [0.4, 0.5) is 0 Å². The van der Waals surface area contributed by atoms with Crippen LogP contribution in [0.3, 0.4) is 0 Å². The van der Waals surface area contributed by atoms with Gasteiger partial charge in [-0.1, -0.05) is 34.6 Å². The molecule has 1 N–H and O–H groups in total. The Kier molecular flexibility index (Phi) is 7.25. The summed E-state index contributed by atoms with van der Waals surface area (Å²) in [6.45, 7) is 15.2. The van der Waals surface area contributed by atoms with E-state index < -0.39 is 0 Å². The van der Waals surface area contributed by atoms with Crippen molar-refractivity contribution in [3.8, 4) is 0 Å². The van der Waals surface area contributed by atoms with E-state index in [0.29, 0.717) is 0 Å². The molecule has 2 nitrogen and oxygen atoms in total. The molecule has 0 spiro atoms. The number of nitrogens with zero attached hydrogens (tertiary/aromatic N) is 1. The van der Waals surface area contributed by atoms with Gasteiger partial charge in [0.25, 0.3) is 0 Å². The highest BCUT2D eigenvalue weighted by molar-refractivity contribution is 4.89. The quantitative estimate of drug-likeness (QED) is 0.642. The lowest BCUT2D eigenvalue weighted by atomic mass is 10.1. The lowest BCUT2D eigenvalue weighted by molar-refractivity contribution is 0.167. The second-order valence-corrected chi connectivity index (χ2v) is 6.77. The van der Waals surface area contributed by atoms with Gasteiger partial charge < -0.3 is 5.32 Å². The molecule has 18 heavy (non-hydrogen) atoms. The third kappa shape index (κ3) is 6.19. The summed E-state index contributed by atoms with van der Waals surface area (Å²) in [5.74, 6) is 1.58. The van der Waals surface area contributed by atoms with Crippen molar-refractivity contribution in [2.45, 2.75) is 72.4 Å². The van der Waals surface area contributed by atoms with Gasteiger partial charge >= 0.3 is 0 Å². The summed E-state index contributed by atoms with van der Waals surface area (Å²) >= 11 is 0. The predicted molar refractivity (Wildman–Crippen MR) is 81.0 cm³/mol. The van der Waals surface area contributed by atoms with E-state index in [4.69, 9.17) is 0 Å². The van der Waals surface area contributed by atoms with E-state index in [1.54, 1.807) is 0 Å². The standard InChI is InChI=1S/C16H34N2/c1-6-15(12-17-11-14(4)5)18(16-7-8-16)10-9-13(2)3/h13-17H,6-12H2,1-5H3. The van der Waals surface area contributed by atoms with Gasteiger partial charge in [0, 0.05) is 18.6 Å². The summed E-state index contributed by atoms with van der Waals surface area (Å²) in [5.41, 5.74) is 0. The van der Waals surface area contributed by atoms with Crippen LogP contribution in [0.5, 0.6) is 0 Å². The number of nitrogens with one attached hydrogen (secondary N) is 1. The molecular formula is C16H34N2. The van der Waals surface area contributed by atoms with E-state index in [2.05, 4.69) is 44.8 Å². The lowest BCUT2D eigenvalue weighted by Gasteiger charge is -2.32. The summed E-state index contributed by atoms with van der Waals surface area (Å²) in [5, 5.41) is 3.64. The monoisotopic (exact) mass is 254 g/mol. The Hall–Kier alpha value is -0.0800. The molecule has 1 rings (SSSR count). The van der Waals surface area contributed by atoms with Crippen LogP contribution < -0.4 is 5.32 Å². The predicted octanol–water partition coefficient (Wildman–Crippen LogP) is 3.52. The van der Waals surface area contributed by atoms with Crippen molar-refractivity contribution < 1.29 is 0 Å². The van der Waals surface area contributed by atoms with Crippen molar-refractivity contribution in [2.24, 2.45) is 11.8 Å². The first kappa shape index (κ1) is 16.0. The Morgan fingerprint density at radius 2 is 1.72 bits per heavy atom. The third-order valence-corrected chi connectivity index (χ3v) is 3.85. The highest BCUT2D eigenvalue weighted by atomic mass is 15.2. The van der Waals surface area contributed by atoms with E-state index in [-0.39, 0.29) is 0 Å². The molecule has 1 fully saturated rings. The molecule has 0 saturated heterocycles. The molecule has 0 aromatic carbocycles. The van der Waals surface area contributed by atoms with E-state index in [9.17, 15) is 0 Å². The highest BCUT2D eigenvalue weighted by Gasteiger charge is 2.32. The maximum atomic E-state index is 3.64. The molecule has 2 heteroatoms. The van der Waals surface area contributed by atoms with Crippen LogP contribution in [-0.4, -0.2) is 36.6 Å². The van der Waals surface area contributed by atoms with Crippen LogP contribution in [0.15, 0.2) is 0 Å². The minimum Gasteiger partial charge on any atom is -0.315 e. The van der Waals surface area contributed by atoms with E-state index in [1.807, 2.05) is 0 Å². The minimum absolute atomic E-state index is 0.745. The average molecular weight is 254 g/mol. The molecule has 1 atom stereocenters. The first-order valence-corrected chi connectivity index (χ1v) is 8.01. The van der Waals surface area contributed by atoms with Gasteiger partial charge in [0.1, 0.15) is 0 Å². The maximum Gasteiger partial charge on any atom is 0.0220 e. The molecule has 1 saturated carbocycles. The van der Waals surface area contributed by atoms with Gasteiger partial charge in [-0.2, -0.15) is 0 Å². The molecule has 1 aliphatic carbocycles. The number of hydrogen-bond donors (Lipinski definition) is 1. The summed E-state index contributed by atoms with van der Waals surface area (Å²) in [7, 11) is 0. The van der Waals surface area contributed by atoms with Crippen LogP contribution in [0.25, 0.3) is 0 Å². The van der Waals surface area contributed by atoms with Crippen LogP contribution in [0.2, 0.25) is 0 Å². The second kappa shape index (κ2) is 8.16. The zero-order valence-electron chi connectivity index (χ0n) is 13.2. The second-order valence-electron chi connectivity index (χ2n) is 6.77. The molecule has 1 unspecified atom stereocenters. The first-order valence-electron chi connectivity index (χ1n) is 8.01. The molecule has 0 aromatic rings. The van der Waals surface area contributed by atoms with Crippen molar-refractivity contribution >= 4 is 0 Å². The van der Waals surface area contributed by atoms with Gasteiger partial charge in [-0.15, -0.1) is 0 Å². The smallest absolute Gasteiger partial charge is 0.0220 e. The zero-order chi connectivity index (χ0) is 13.5. The van der Waals surface area contributed by atoms with Crippen LogP contribution >= 0.6 is 0 Å². The topological polar surface area (TPSA) is 15.3 Å². The van der Waals surface area contributed by atoms with Crippen molar-refractivity contribution in [3.05, 3.63) is 0 Å². The van der Waals surface area contributed by atoms with Crippen LogP contribution in [-0.2, 0) is 0 Å². The SMILES string of the molecule is CCC(CNCC(C)C)N(CCC(C)C)C1CC1. The molecule has 0 bridgehead atoms. The molecule has 108 valence electrons. The fourth-order valence-electron chi connectivity index (χ4n) is 2.51. The lowest BCUT2D eigenvalue weighted by Crippen LogP contribution is -2.44. The van der Waals surface area contributed by atoms with Crippen LogP contribution in [0.1, 0.15) is 60.3 Å². The van der Waals surface area contributed by atoms with E-state index in [1.165, 1.54) is 38.8 Å². The van der Waals surface area contributed by atoms with E-state index >= 15 is 0 Å². The Labute approximate surface area is 115 Å². The molecule has 0 amide bonds. The van der Waals surface area contributed by atoms with Gasteiger partial charge in [-0.05, 0) is 50.6 Å². The number of rotatable bonds is 10. The van der Waals surface area contributed by atoms with Crippen molar-refractivity contribution in [1.82, 2.24) is 10.2 Å². The largest absolute Gasteiger partial charge is 0.315 e. The Morgan fingerprint density at radius 3 is 2.17 bits per heavy atom. The molecule has 0 radical (unpaired) electrons. The van der Waals surface area contributed by atoms with E-state index in [0.717, 1.165) is 30.5 Å². The Balaban J connectivity index is 2.36. The molecule has 0 heterocycles. The Morgan fingerprint density at radius 1 is 1.06 bits per heavy atom. The fourth-order valence-corrected chi connectivity index (χ4v) is 2.51. The molecule has 0 aliphatic heterocycles. The van der Waals surface area contributed by atoms with Gasteiger partial charge in [0.15, 0.2) is 0 Å². The van der Waals surface area contributed by atoms with Crippen molar-refractivity contribution in [3.63, 3.8) is 0 Å². The third-order valence-electron chi connectivity index (χ3n) is 3.85. The molecule has 0 aromatic heterocycles. The summed E-state index contributed by atoms with van der Waals surface area (Å²) in [6, 6.07) is 1.64. The van der Waals surface area contributed by atoms with Crippen molar-refractivity contribution in [2.75, 3.05) is 19.6 Å². The van der Waals surface area contributed by atoms with Crippen LogP contribution in [0, 0.1) is 11.8 Å². The summed E-state index contributed by atoms with van der Waals surface area (Å²) < 4.78 is 0. The molecule has 1 aliphatic rings. The summed E-state index contributed by atoms with van der Waals surface area (Å²) in [6.07, 6.45) is 5.48. The molecular weight excluding hydrogens is 220 g/mol. The first-order chi connectivity index (χ1) is 8.54. The van der Waals surface area contributed by atoms with Gasteiger partial charge in [0.2, 0.25) is 0 Å². The summed E-state index contributed by atoms with van der Waals surface area (Å²) in [4.78, 5) is 2.79. The number of hydrogen-bond acceptors (Lipinski definition) is 2. The fraction of sp³-hybridized carbons (Fsp3) is 1.00. The highest BCUT2D eigenvalue weighted by Crippen LogP contribution is 2.30. The maximum absolute atomic E-state index is 3.64. The Bertz CT molecular complexity index is 209.